The fourth-order valence-corrected chi connectivity index (χ4v) is 4.64. The SMILES string of the molecule is COc1ccc(CC(=O)N2CCN(C(=O)Nc3ccc(OC)cc3)C2C(=O)NC(CC(=O)O)c2ccc(F)cc2)cc1. The summed E-state index contributed by atoms with van der Waals surface area (Å²) < 4.78 is 23.8. The summed E-state index contributed by atoms with van der Waals surface area (Å²) >= 11 is 0. The lowest BCUT2D eigenvalue weighted by molar-refractivity contribution is -0.142. The number of ether oxygens (including phenoxy) is 2. The Hall–Kier alpha value is -5.13. The minimum absolute atomic E-state index is 0.0434. The molecule has 3 N–H and O–H groups in total. The number of carboxylic acids is 1. The van der Waals surface area contributed by atoms with E-state index in [-0.39, 0.29) is 19.5 Å². The number of urea groups is 1. The van der Waals surface area contributed by atoms with E-state index in [4.69, 9.17) is 9.47 Å². The van der Waals surface area contributed by atoms with Gasteiger partial charge < -0.3 is 30.1 Å². The molecule has 1 saturated heterocycles. The fourth-order valence-electron chi connectivity index (χ4n) is 4.64. The molecule has 4 amide bonds. The van der Waals surface area contributed by atoms with E-state index in [1.165, 1.54) is 36.2 Å². The van der Waals surface area contributed by atoms with Gasteiger partial charge in [0.2, 0.25) is 5.91 Å². The first-order valence-corrected chi connectivity index (χ1v) is 13.1. The lowest BCUT2D eigenvalue weighted by Crippen LogP contribution is -2.55. The summed E-state index contributed by atoms with van der Waals surface area (Å²) in [7, 11) is 3.05. The zero-order valence-electron chi connectivity index (χ0n) is 23.1. The highest BCUT2D eigenvalue weighted by Crippen LogP contribution is 2.24. The lowest BCUT2D eigenvalue weighted by Gasteiger charge is -2.31. The van der Waals surface area contributed by atoms with Gasteiger partial charge in [-0.25, -0.2) is 9.18 Å². The monoisotopic (exact) mass is 578 g/mol. The Kier molecular flexibility index (Phi) is 9.58. The second-order valence-corrected chi connectivity index (χ2v) is 9.55. The third kappa shape index (κ3) is 7.33. The molecule has 0 aromatic heterocycles. The molecular formula is C30H31FN4O7. The predicted octanol–water partition coefficient (Wildman–Crippen LogP) is 3.42. The quantitative estimate of drug-likeness (QED) is 0.335. The van der Waals surface area contributed by atoms with E-state index in [1.807, 2.05) is 0 Å². The van der Waals surface area contributed by atoms with Crippen LogP contribution in [0.1, 0.15) is 23.6 Å². The normalized spacial score (nSPS) is 15.1. The van der Waals surface area contributed by atoms with Gasteiger partial charge in [-0.3, -0.25) is 19.3 Å². The Labute approximate surface area is 241 Å². The number of hydrogen-bond acceptors (Lipinski definition) is 6. The first-order valence-electron chi connectivity index (χ1n) is 13.1. The third-order valence-electron chi connectivity index (χ3n) is 6.81. The van der Waals surface area contributed by atoms with Crippen molar-refractivity contribution >= 4 is 29.5 Å². The zero-order valence-corrected chi connectivity index (χ0v) is 23.1. The zero-order chi connectivity index (χ0) is 30.2. The maximum atomic E-state index is 13.8. The Balaban J connectivity index is 1.59. The smallest absolute Gasteiger partial charge is 0.323 e. The molecule has 0 aliphatic carbocycles. The molecule has 1 aliphatic heterocycles. The molecule has 0 spiro atoms. The van der Waals surface area contributed by atoms with Gasteiger partial charge in [0.25, 0.3) is 5.91 Å². The third-order valence-corrected chi connectivity index (χ3v) is 6.81. The standard InChI is InChI=1S/C30H31FN4O7/c1-41-23-11-3-19(4-12-23)17-26(36)34-15-16-35(30(40)32-22-9-13-24(42-2)14-10-22)29(34)28(39)33-25(18-27(37)38)20-5-7-21(31)8-6-20/h3-14,25,29H,15-18H2,1-2H3,(H,32,40)(H,33,39)(H,37,38). The lowest BCUT2D eigenvalue weighted by atomic mass is 10.0. The van der Waals surface area contributed by atoms with E-state index in [2.05, 4.69) is 10.6 Å². The molecule has 4 rings (SSSR count). The highest BCUT2D eigenvalue weighted by atomic mass is 19.1. The average molecular weight is 579 g/mol. The van der Waals surface area contributed by atoms with Crippen molar-refractivity contribution in [1.82, 2.24) is 15.1 Å². The van der Waals surface area contributed by atoms with E-state index in [0.717, 1.165) is 12.1 Å². The maximum absolute atomic E-state index is 13.8. The van der Waals surface area contributed by atoms with Crippen molar-refractivity contribution in [3.63, 3.8) is 0 Å². The predicted molar refractivity (Wildman–Crippen MR) is 150 cm³/mol. The van der Waals surface area contributed by atoms with Crippen molar-refractivity contribution in [2.24, 2.45) is 0 Å². The molecule has 12 heteroatoms. The number of carbonyl (C=O) groups excluding carboxylic acids is 3. The Morgan fingerprint density at radius 2 is 1.45 bits per heavy atom. The number of methoxy groups -OCH3 is 2. The second-order valence-electron chi connectivity index (χ2n) is 9.55. The number of carboxylic acid groups (broad SMARTS) is 1. The van der Waals surface area contributed by atoms with Crippen LogP contribution < -0.4 is 20.1 Å². The number of benzene rings is 3. The van der Waals surface area contributed by atoms with Gasteiger partial charge in [0, 0.05) is 18.8 Å². The van der Waals surface area contributed by atoms with Crippen LogP contribution in [0.25, 0.3) is 0 Å². The summed E-state index contributed by atoms with van der Waals surface area (Å²) in [5, 5.41) is 14.9. The molecular weight excluding hydrogens is 547 g/mol. The van der Waals surface area contributed by atoms with E-state index in [1.54, 1.807) is 48.5 Å². The molecule has 0 radical (unpaired) electrons. The number of anilines is 1. The summed E-state index contributed by atoms with van der Waals surface area (Å²) in [5.74, 6) is -1.67. The second kappa shape index (κ2) is 13.5. The molecule has 220 valence electrons. The van der Waals surface area contributed by atoms with Crippen LogP contribution in [0.15, 0.2) is 72.8 Å². The van der Waals surface area contributed by atoms with Crippen LogP contribution in [0.5, 0.6) is 11.5 Å². The van der Waals surface area contributed by atoms with Crippen LogP contribution in [0.4, 0.5) is 14.9 Å². The number of amides is 4. The number of carbonyl (C=O) groups is 4. The molecule has 0 saturated carbocycles. The molecule has 0 bridgehead atoms. The summed E-state index contributed by atoms with van der Waals surface area (Å²) in [6, 6.07) is 16.9. The Bertz CT molecular complexity index is 1350. The van der Waals surface area contributed by atoms with Crippen LogP contribution in [0.3, 0.4) is 0 Å². The van der Waals surface area contributed by atoms with E-state index < -0.39 is 48.3 Å². The van der Waals surface area contributed by atoms with Crippen molar-refractivity contribution in [3.05, 3.63) is 89.7 Å². The number of rotatable bonds is 10. The van der Waals surface area contributed by atoms with Crippen LogP contribution in [-0.2, 0) is 20.8 Å². The molecule has 3 aromatic rings. The van der Waals surface area contributed by atoms with Gasteiger partial charge in [0.15, 0.2) is 6.17 Å². The molecule has 1 heterocycles. The molecule has 2 atom stereocenters. The van der Waals surface area contributed by atoms with Gasteiger partial charge >= 0.3 is 12.0 Å². The summed E-state index contributed by atoms with van der Waals surface area (Å²) in [6.45, 7) is 0.123. The Morgan fingerprint density at radius 1 is 0.881 bits per heavy atom. The van der Waals surface area contributed by atoms with Crippen molar-refractivity contribution in [1.29, 1.82) is 0 Å². The number of halogens is 1. The molecule has 2 unspecified atom stereocenters. The maximum Gasteiger partial charge on any atom is 0.323 e. The van der Waals surface area contributed by atoms with Crippen LogP contribution >= 0.6 is 0 Å². The number of hydrogen-bond donors (Lipinski definition) is 3. The molecule has 11 nitrogen and oxygen atoms in total. The largest absolute Gasteiger partial charge is 0.497 e. The van der Waals surface area contributed by atoms with Crippen molar-refractivity contribution in [2.75, 3.05) is 32.6 Å². The average Bonchev–Trinajstić information content (AvgIpc) is 3.44. The molecule has 1 aliphatic rings. The van der Waals surface area contributed by atoms with Crippen LogP contribution in [-0.4, -0.2) is 72.2 Å². The first-order chi connectivity index (χ1) is 20.2. The molecule has 1 fully saturated rings. The molecule has 42 heavy (non-hydrogen) atoms. The van der Waals surface area contributed by atoms with Crippen LogP contribution in [0.2, 0.25) is 0 Å². The highest BCUT2D eigenvalue weighted by Gasteiger charge is 2.43. The summed E-state index contributed by atoms with van der Waals surface area (Å²) in [4.78, 5) is 54.7. The van der Waals surface area contributed by atoms with Crippen LogP contribution in [0, 0.1) is 5.82 Å². The minimum atomic E-state index is -1.37. The first kappa shape index (κ1) is 29.8. The Morgan fingerprint density at radius 3 is 2.02 bits per heavy atom. The van der Waals surface area contributed by atoms with E-state index in [9.17, 15) is 28.7 Å². The van der Waals surface area contributed by atoms with Gasteiger partial charge in [-0.1, -0.05) is 24.3 Å². The summed E-state index contributed by atoms with van der Waals surface area (Å²) in [5.41, 5.74) is 1.48. The van der Waals surface area contributed by atoms with Gasteiger partial charge in [-0.15, -0.1) is 0 Å². The van der Waals surface area contributed by atoms with Gasteiger partial charge in [-0.05, 0) is 59.7 Å². The topological polar surface area (TPSA) is 138 Å². The van der Waals surface area contributed by atoms with Gasteiger partial charge in [0.1, 0.15) is 17.3 Å². The number of nitrogens with zero attached hydrogens (tertiary/aromatic N) is 2. The fraction of sp³-hybridized carbons (Fsp3) is 0.267. The molecule has 3 aromatic carbocycles. The van der Waals surface area contributed by atoms with E-state index >= 15 is 0 Å². The van der Waals surface area contributed by atoms with Gasteiger partial charge in [0.05, 0.1) is 33.1 Å². The minimum Gasteiger partial charge on any atom is -0.497 e. The van der Waals surface area contributed by atoms with Crippen molar-refractivity contribution in [3.8, 4) is 11.5 Å². The van der Waals surface area contributed by atoms with Gasteiger partial charge in [-0.2, -0.15) is 0 Å². The number of nitrogens with one attached hydrogen (secondary N) is 2. The van der Waals surface area contributed by atoms with E-state index in [0.29, 0.717) is 28.3 Å². The number of aliphatic carboxylic acids is 1. The summed E-state index contributed by atoms with van der Waals surface area (Å²) in [6.07, 6.45) is -1.91. The highest BCUT2D eigenvalue weighted by molar-refractivity contribution is 5.96. The van der Waals surface area contributed by atoms with Crippen molar-refractivity contribution in [2.45, 2.75) is 25.0 Å². The van der Waals surface area contributed by atoms with Crippen molar-refractivity contribution < 1.29 is 38.1 Å².